The van der Waals surface area contributed by atoms with Crippen LogP contribution in [0.1, 0.15) is 5.56 Å². The molecule has 0 radical (unpaired) electrons. The van der Waals surface area contributed by atoms with Gasteiger partial charge >= 0.3 is 17.8 Å². The van der Waals surface area contributed by atoms with Crippen LogP contribution in [-0.4, -0.2) is 23.9 Å². The monoisotopic (exact) mass is 285 g/mol. The molecule has 7 heteroatoms. The lowest BCUT2D eigenvalue weighted by Crippen LogP contribution is -2.18. The average molecular weight is 285 g/mol. The van der Waals surface area contributed by atoms with E-state index in [4.69, 9.17) is 11.7 Å². The zero-order valence-electron chi connectivity index (χ0n) is 10.1. The van der Waals surface area contributed by atoms with Crippen LogP contribution in [0.3, 0.4) is 0 Å². The van der Waals surface area contributed by atoms with E-state index in [0.717, 1.165) is 5.56 Å². The van der Waals surface area contributed by atoms with Crippen LogP contribution in [0.2, 0.25) is 0 Å². The molecule has 106 valence electrons. The Labute approximate surface area is 112 Å². The third-order valence-electron chi connectivity index (χ3n) is 2.26. The number of rotatable bonds is 4. The van der Waals surface area contributed by atoms with E-state index in [1.54, 1.807) is 30.3 Å². The van der Waals surface area contributed by atoms with E-state index in [0.29, 0.717) is 6.42 Å². The first-order valence-electron chi connectivity index (χ1n) is 5.45. The number of hydrogen-bond acceptors (Lipinski definition) is 3. The lowest BCUT2D eigenvalue weighted by Gasteiger charge is -2.08. The van der Waals surface area contributed by atoms with Gasteiger partial charge in [-0.05, 0) is 5.56 Å². The SMILES string of the molecule is [C-]#[N+]C(C(=O)OCCc1ccccc1)=C(O)C(F)(F)F. The summed E-state index contributed by atoms with van der Waals surface area (Å²) in [6, 6.07) is 8.82. The van der Waals surface area contributed by atoms with Crippen molar-refractivity contribution in [3.8, 4) is 0 Å². The largest absolute Gasteiger partial charge is 0.515 e. The number of carbonyl (C=O) groups is 1. The fourth-order valence-corrected chi connectivity index (χ4v) is 1.30. The van der Waals surface area contributed by atoms with Crippen LogP contribution < -0.4 is 0 Å². The molecule has 1 aromatic rings. The molecule has 1 rings (SSSR count). The molecular formula is C13H10F3NO3. The fraction of sp³-hybridized carbons (Fsp3) is 0.231. The molecule has 0 spiro atoms. The molecule has 0 aliphatic carbocycles. The topological polar surface area (TPSA) is 50.9 Å². The van der Waals surface area contributed by atoms with Crippen molar-refractivity contribution in [3.05, 3.63) is 58.8 Å². The summed E-state index contributed by atoms with van der Waals surface area (Å²) in [6.45, 7) is 6.32. The summed E-state index contributed by atoms with van der Waals surface area (Å²) in [4.78, 5) is 13.7. The van der Waals surface area contributed by atoms with Gasteiger partial charge < -0.3 is 9.84 Å². The van der Waals surface area contributed by atoms with E-state index in [1.807, 2.05) is 0 Å². The van der Waals surface area contributed by atoms with Gasteiger partial charge in [0.25, 0.3) is 0 Å². The van der Waals surface area contributed by atoms with E-state index >= 15 is 0 Å². The zero-order chi connectivity index (χ0) is 15.2. The predicted octanol–water partition coefficient (Wildman–Crippen LogP) is 3.02. The van der Waals surface area contributed by atoms with E-state index in [-0.39, 0.29) is 6.61 Å². The second kappa shape index (κ2) is 6.61. The first-order chi connectivity index (χ1) is 9.36. The van der Waals surface area contributed by atoms with Gasteiger partial charge in [-0.3, -0.25) is 4.79 Å². The quantitative estimate of drug-likeness (QED) is 0.400. The van der Waals surface area contributed by atoms with E-state index in [1.165, 1.54) is 0 Å². The van der Waals surface area contributed by atoms with Crippen LogP contribution in [0, 0.1) is 6.57 Å². The molecule has 1 aromatic carbocycles. The van der Waals surface area contributed by atoms with Crippen LogP contribution in [0.4, 0.5) is 13.2 Å². The number of esters is 1. The smallest absolute Gasteiger partial charge is 0.438 e. The number of carbonyl (C=O) groups excluding carboxylic acids is 1. The van der Waals surface area contributed by atoms with Crippen LogP contribution in [-0.2, 0) is 16.0 Å². The Morgan fingerprint density at radius 1 is 1.30 bits per heavy atom. The summed E-state index contributed by atoms with van der Waals surface area (Å²) >= 11 is 0. The lowest BCUT2D eigenvalue weighted by molar-refractivity contribution is -0.142. The molecule has 0 saturated carbocycles. The second-order valence-electron chi connectivity index (χ2n) is 3.68. The molecule has 0 heterocycles. The minimum Gasteiger partial charge on any atom is -0.515 e. The highest BCUT2D eigenvalue weighted by Crippen LogP contribution is 2.27. The highest BCUT2D eigenvalue weighted by Gasteiger charge is 2.39. The summed E-state index contributed by atoms with van der Waals surface area (Å²) in [6.07, 6.45) is -4.86. The normalized spacial score (nSPS) is 12.3. The molecule has 0 unspecified atom stereocenters. The Morgan fingerprint density at radius 3 is 2.40 bits per heavy atom. The van der Waals surface area contributed by atoms with Crippen molar-refractivity contribution < 1.29 is 27.8 Å². The molecule has 0 amide bonds. The maximum Gasteiger partial charge on any atom is 0.438 e. The molecule has 0 atom stereocenters. The highest BCUT2D eigenvalue weighted by atomic mass is 19.4. The van der Waals surface area contributed by atoms with Crippen LogP contribution in [0.25, 0.3) is 4.85 Å². The van der Waals surface area contributed by atoms with E-state index < -0.39 is 23.6 Å². The van der Waals surface area contributed by atoms with Gasteiger partial charge in [0.15, 0.2) is 0 Å². The minimum absolute atomic E-state index is 0.187. The summed E-state index contributed by atoms with van der Waals surface area (Å²) in [7, 11) is 0. The molecule has 0 fully saturated rings. The maximum atomic E-state index is 12.2. The molecule has 0 aromatic heterocycles. The number of nitrogens with zero attached hydrogens (tertiary/aromatic N) is 1. The highest BCUT2D eigenvalue weighted by molar-refractivity contribution is 5.91. The van der Waals surface area contributed by atoms with E-state index in [2.05, 4.69) is 9.58 Å². The number of alkyl halides is 3. The molecule has 1 N–H and O–H groups in total. The van der Waals surface area contributed by atoms with Gasteiger partial charge in [-0.2, -0.15) is 13.2 Å². The Bertz CT molecular complexity index is 544. The van der Waals surface area contributed by atoms with Gasteiger partial charge in [-0.25, -0.2) is 4.85 Å². The van der Waals surface area contributed by atoms with Gasteiger partial charge in [0.05, 0.1) is 13.2 Å². The number of benzene rings is 1. The van der Waals surface area contributed by atoms with Gasteiger partial charge in [-0.15, -0.1) is 0 Å². The first-order valence-corrected chi connectivity index (χ1v) is 5.45. The summed E-state index contributed by atoms with van der Waals surface area (Å²) in [5.74, 6) is -3.73. The average Bonchev–Trinajstić information content (AvgIpc) is 2.39. The summed E-state index contributed by atoms with van der Waals surface area (Å²) in [5, 5.41) is 8.77. The van der Waals surface area contributed by atoms with E-state index in [9.17, 15) is 18.0 Å². The zero-order valence-corrected chi connectivity index (χ0v) is 10.1. The van der Waals surface area contributed by atoms with Crippen molar-refractivity contribution in [2.24, 2.45) is 0 Å². The summed E-state index contributed by atoms with van der Waals surface area (Å²) in [5.41, 5.74) is -0.640. The third kappa shape index (κ3) is 4.31. The fourth-order valence-electron chi connectivity index (χ4n) is 1.30. The van der Waals surface area contributed by atoms with Crippen LogP contribution in [0.15, 0.2) is 41.8 Å². The molecule has 0 aliphatic heterocycles. The van der Waals surface area contributed by atoms with Gasteiger partial charge in [0.2, 0.25) is 5.76 Å². The van der Waals surface area contributed by atoms with Crippen molar-refractivity contribution in [2.75, 3.05) is 6.61 Å². The lowest BCUT2D eigenvalue weighted by atomic mass is 10.2. The number of ether oxygens (including phenoxy) is 1. The van der Waals surface area contributed by atoms with Crippen LogP contribution >= 0.6 is 0 Å². The Hall–Kier alpha value is -2.49. The number of aliphatic hydroxyl groups excluding tert-OH is 1. The number of allylic oxidation sites excluding steroid dienone is 1. The molecular weight excluding hydrogens is 275 g/mol. The standard InChI is InChI=1S/C13H10F3NO3/c1-17-10(11(18)13(14,15)16)12(19)20-8-7-9-5-3-2-4-6-9/h2-6,18H,7-8H2. The Morgan fingerprint density at radius 2 is 1.90 bits per heavy atom. The van der Waals surface area contributed by atoms with Crippen molar-refractivity contribution in [1.82, 2.24) is 0 Å². The first kappa shape index (κ1) is 15.6. The van der Waals surface area contributed by atoms with Gasteiger partial charge in [0.1, 0.15) is 0 Å². The minimum atomic E-state index is -5.15. The van der Waals surface area contributed by atoms with Crippen molar-refractivity contribution >= 4 is 5.97 Å². The predicted molar refractivity (Wildman–Crippen MR) is 63.4 cm³/mol. The molecule has 0 bridgehead atoms. The van der Waals surface area contributed by atoms with Crippen molar-refractivity contribution in [2.45, 2.75) is 12.6 Å². The summed E-state index contributed by atoms with van der Waals surface area (Å²) < 4.78 is 41.1. The number of aliphatic hydroxyl groups is 1. The van der Waals surface area contributed by atoms with Crippen LogP contribution in [0.5, 0.6) is 0 Å². The van der Waals surface area contributed by atoms with Gasteiger partial charge in [0, 0.05) is 6.42 Å². The molecule has 4 nitrogen and oxygen atoms in total. The van der Waals surface area contributed by atoms with Gasteiger partial charge in [-0.1, -0.05) is 30.3 Å². The number of halogens is 3. The number of hydrogen-bond donors (Lipinski definition) is 1. The van der Waals surface area contributed by atoms with Crippen molar-refractivity contribution in [1.29, 1.82) is 0 Å². The third-order valence-corrected chi connectivity index (χ3v) is 2.26. The molecule has 20 heavy (non-hydrogen) atoms. The second-order valence-corrected chi connectivity index (χ2v) is 3.68. The van der Waals surface area contributed by atoms with Crippen molar-refractivity contribution in [3.63, 3.8) is 0 Å². The molecule has 0 aliphatic rings. The maximum absolute atomic E-state index is 12.2. The Kier molecular flexibility index (Phi) is 5.15. The Balaban J connectivity index is 2.65. The molecule has 0 saturated heterocycles.